The SMILES string of the molecule is Cc1cc(N2CCNCC2)c2oc(C3CC3)nc2c1. The first-order chi connectivity index (χ1) is 9.31. The van der Waals surface area contributed by atoms with E-state index in [1.54, 1.807) is 0 Å². The van der Waals surface area contributed by atoms with Crippen LogP contribution in [0.4, 0.5) is 5.69 Å². The topological polar surface area (TPSA) is 41.3 Å². The fourth-order valence-electron chi connectivity index (χ4n) is 2.81. The van der Waals surface area contributed by atoms with E-state index in [0.717, 1.165) is 43.2 Å². The predicted octanol–water partition coefficient (Wildman–Crippen LogP) is 2.42. The Morgan fingerprint density at radius 3 is 2.79 bits per heavy atom. The number of hydrogen-bond acceptors (Lipinski definition) is 4. The molecule has 1 aromatic carbocycles. The number of aryl methyl sites for hydroxylation is 1. The first-order valence-corrected chi connectivity index (χ1v) is 7.18. The highest BCUT2D eigenvalue weighted by atomic mass is 16.3. The summed E-state index contributed by atoms with van der Waals surface area (Å²) in [7, 11) is 0. The van der Waals surface area contributed by atoms with Gasteiger partial charge in [0.25, 0.3) is 0 Å². The third kappa shape index (κ3) is 2.00. The van der Waals surface area contributed by atoms with Crippen LogP contribution in [-0.2, 0) is 0 Å². The molecule has 4 heteroatoms. The van der Waals surface area contributed by atoms with Gasteiger partial charge in [0.2, 0.25) is 0 Å². The fourth-order valence-corrected chi connectivity index (χ4v) is 2.81. The summed E-state index contributed by atoms with van der Waals surface area (Å²) in [5.74, 6) is 1.51. The van der Waals surface area contributed by atoms with Gasteiger partial charge in [0, 0.05) is 32.1 Å². The molecule has 0 spiro atoms. The van der Waals surface area contributed by atoms with Crippen molar-refractivity contribution in [3.05, 3.63) is 23.6 Å². The van der Waals surface area contributed by atoms with Crippen molar-refractivity contribution < 1.29 is 4.42 Å². The van der Waals surface area contributed by atoms with E-state index in [2.05, 4.69) is 34.3 Å². The minimum absolute atomic E-state index is 0.573. The molecule has 0 unspecified atom stereocenters. The zero-order chi connectivity index (χ0) is 12.8. The molecule has 4 nitrogen and oxygen atoms in total. The smallest absolute Gasteiger partial charge is 0.198 e. The number of anilines is 1. The van der Waals surface area contributed by atoms with Crippen molar-refractivity contribution in [3.63, 3.8) is 0 Å². The molecule has 1 saturated carbocycles. The zero-order valence-corrected chi connectivity index (χ0v) is 11.3. The van der Waals surface area contributed by atoms with Crippen molar-refractivity contribution in [2.75, 3.05) is 31.1 Å². The van der Waals surface area contributed by atoms with Gasteiger partial charge in [0.05, 0.1) is 5.69 Å². The molecule has 0 amide bonds. The quantitative estimate of drug-likeness (QED) is 0.897. The van der Waals surface area contributed by atoms with E-state index in [-0.39, 0.29) is 0 Å². The Morgan fingerprint density at radius 1 is 1.26 bits per heavy atom. The van der Waals surface area contributed by atoms with E-state index in [1.165, 1.54) is 24.1 Å². The summed E-state index contributed by atoms with van der Waals surface area (Å²) < 4.78 is 6.06. The lowest BCUT2D eigenvalue weighted by atomic mass is 10.1. The lowest BCUT2D eigenvalue weighted by Gasteiger charge is -2.29. The number of hydrogen-bond donors (Lipinski definition) is 1. The van der Waals surface area contributed by atoms with Gasteiger partial charge >= 0.3 is 0 Å². The van der Waals surface area contributed by atoms with Crippen LogP contribution in [-0.4, -0.2) is 31.2 Å². The fraction of sp³-hybridized carbons (Fsp3) is 0.533. The van der Waals surface area contributed by atoms with Gasteiger partial charge in [0.15, 0.2) is 11.5 Å². The van der Waals surface area contributed by atoms with Crippen LogP contribution in [0.1, 0.15) is 30.2 Å². The van der Waals surface area contributed by atoms with E-state index in [9.17, 15) is 0 Å². The Labute approximate surface area is 112 Å². The van der Waals surface area contributed by atoms with Crippen LogP contribution in [0, 0.1) is 6.92 Å². The maximum Gasteiger partial charge on any atom is 0.198 e. The van der Waals surface area contributed by atoms with Gasteiger partial charge in [0.1, 0.15) is 5.52 Å². The molecule has 2 fully saturated rings. The molecule has 1 saturated heterocycles. The highest BCUT2D eigenvalue weighted by molar-refractivity contribution is 5.88. The molecule has 0 bridgehead atoms. The normalized spacial score (nSPS) is 20.2. The molecule has 4 rings (SSSR count). The second-order valence-electron chi connectivity index (χ2n) is 5.70. The van der Waals surface area contributed by atoms with Gasteiger partial charge in [-0.1, -0.05) is 0 Å². The van der Waals surface area contributed by atoms with Gasteiger partial charge in [-0.3, -0.25) is 0 Å². The van der Waals surface area contributed by atoms with Crippen molar-refractivity contribution >= 4 is 16.8 Å². The molecular formula is C15H19N3O. The largest absolute Gasteiger partial charge is 0.438 e. The minimum atomic E-state index is 0.573. The van der Waals surface area contributed by atoms with Crippen LogP contribution in [0.3, 0.4) is 0 Å². The number of nitrogens with one attached hydrogen (secondary N) is 1. The Kier molecular flexibility index (Phi) is 2.52. The van der Waals surface area contributed by atoms with Crippen LogP contribution in [0.5, 0.6) is 0 Å². The molecule has 0 atom stereocenters. The van der Waals surface area contributed by atoms with Gasteiger partial charge in [-0.2, -0.15) is 0 Å². The summed E-state index contributed by atoms with van der Waals surface area (Å²) in [5, 5.41) is 3.39. The summed E-state index contributed by atoms with van der Waals surface area (Å²) in [6.07, 6.45) is 2.46. The number of rotatable bonds is 2. The molecule has 1 aliphatic heterocycles. The average molecular weight is 257 g/mol. The number of benzene rings is 1. The van der Waals surface area contributed by atoms with Gasteiger partial charge in [-0.05, 0) is 37.5 Å². The van der Waals surface area contributed by atoms with E-state index in [4.69, 9.17) is 4.42 Å². The molecule has 0 radical (unpaired) electrons. The first-order valence-electron chi connectivity index (χ1n) is 7.18. The second-order valence-corrected chi connectivity index (χ2v) is 5.70. The van der Waals surface area contributed by atoms with Crippen molar-refractivity contribution in [3.8, 4) is 0 Å². The van der Waals surface area contributed by atoms with Gasteiger partial charge < -0.3 is 14.6 Å². The van der Waals surface area contributed by atoms with E-state index < -0.39 is 0 Å². The number of piperazine rings is 1. The van der Waals surface area contributed by atoms with Crippen molar-refractivity contribution in [1.82, 2.24) is 10.3 Å². The highest BCUT2D eigenvalue weighted by Crippen LogP contribution is 2.42. The summed E-state index contributed by atoms with van der Waals surface area (Å²) in [5.41, 5.74) is 4.48. The van der Waals surface area contributed by atoms with E-state index >= 15 is 0 Å². The van der Waals surface area contributed by atoms with Crippen LogP contribution in [0.15, 0.2) is 16.5 Å². The lowest BCUT2D eigenvalue weighted by Crippen LogP contribution is -2.43. The van der Waals surface area contributed by atoms with Crippen molar-refractivity contribution in [2.45, 2.75) is 25.7 Å². The molecule has 2 aromatic rings. The monoisotopic (exact) mass is 257 g/mol. The predicted molar refractivity (Wildman–Crippen MR) is 75.8 cm³/mol. The van der Waals surface area contributed by atoms with Crippen molar-refractivity contribution in [1.29, 1.82) is 0 Å². The Balaban J connectivity index is 1.82. The maximum atomic E-state index is 6.06. The lowest BCUT2D eigenvalue weighted by molar-refractivity contribution is 0.529. The van der Waals surface area contributed by atoms with Gasteiger partial charge in [-0.25, -0.2) is 4.98 Å². The molecule has 2 aliphatic rings. The number of nitrogens with zero attached hydrogens (tertiary/aromatic N) is 2. The molecule has 19 heavy (non-hydrogen) atoms. The Bertz CT molecular complexity index is 609. The van der Waals surface area contributed by atoms with Gasteiger partial charge in [-0.15, -0.1) is 0 Å². The molecule has 2 heterocycles. The third-order valence-corrected chi connectivity index (χ3v) is 4.02. The molecule has 100 valence electrons. The van der Waals surface area contributed by atoms with Crippen molar-refractivity contribution in [2.24, 2.45) is 0 Å². The summed E-state index contributed by atoms with van der Waals surface area (Å²) in [6.45, 7) is 6.30. The standard InChI is InChI=1S/C15H19N3O/c1-10-8-12-14(19-15(17-12)11-2-3-11)13(9-10)18-6-4-16-5-7-18/h8-9,11,16H,2-7H2,1H3. The van der Waals surface area contributed by atoms with Crippen LogP contribution < -0.4 is 10.2 Å². The third-order valence-electron chi connectivity index (χ3n) is 4.02. The van der Waals surface area contributed by atoms with Crippen LogP contribution >= 0.6 is 0 Å². The van der Waals surface area contributed by atoms with Crippen LogP contribution in [0.2, 0.25) is 0 Å². The molecule has 1 aromatic heterocycles. The highest BCUT2D eigenvalue weighted by Gasteiger charge is 2.30. The summed E-state index contributed by atoms with van der Waals surface area (Å²) in [4.78, 5) is 7.09. The summed E-state index contributed by atoms with van der Waals surface area (Å²) in [6, 6.07) is 4.37. The Morgan fingerprint density at radius 2 is 2.05 bits per heavy atom. The van der Waals surface area contributed by atoms with Crippen LogP contribution in [0.25, 0.3) is 11.1 Å². The average Bonchev–Trinajstić information content (AvgIpc) is 3.19. The summed E-state index contributed by atoms with van der Waals surface area (Å²) >= 11 is 0. The van der Waals surface area contributed by atoms with E-state index in [1.807, 2.05) is 0 Å². The maximum absolute atomic E-state index is 6.06. The molecular weight excluding hydrogens is 238 g/mol. The Hall–Kier alpha value is -1.55. The number of oxazole rings is 1. The zero-order valence-electron chi connectivity index (χ0n) is 11.3. The minimum Gasteiger partial charge on any atom is -0.438 e. The number of aromatic nitrogens is 1. The molecule has 1 aliphatic carbocycles. The van der Waals surface area contributed by atoms with E-state index in [0.29, 0.717) is 5.92 Å². The first kappa shape index (κ1) is 11.3. The molecule has 1 N–H and O–H groups in total. The number of fused-ring (bicyclic) bond motifs is 1. The second kappa shape index (κ2) is 4.23.